The van der Waals surface area contributed by atoms with Crippen molar-refractivity contribution < 1.29 is 0 Å². The van der Waals surface area contributed by atoms with E-state index in [0.29, 0.717) is 0 Å². The predicted molar refractivity (Wildman–Crippen MR) is 122 cm³/mol. The van der Waals surface area contributed by atoms with Gasteiger partial charge in [0.25, 0.3) is 0 Å². The van der Waals surface area contributed by atoms with Crippen molar-refractivity contribution >= 4 is 0 Å². The van der Waals surface area contributed by atoms with E-state index in [-0.39, 0.29) is 0 Å². The van der Waals surface area contributed by atoms with E-state index in [9.17, 15) is 0 Å². The molecular weight excluding hydrogens is 340 g/mol. The van der Waals surface area contributed by atoms with Crippen molar-refractivity contribution in [2.24, 2.45) is 0 Å². The molecule has 2 rings (SSSR count). The lowest BCUT2D eigenvalue weighted by Gasteiger charge is -2.14. The zero-order chi connectivity index (χ0) is 19.9. The second-order valence-electron chi connectivity index (χ2n) is 8.05. The van der Waals surface area contributed by atoms with Crippen LogP contribution in [0, 0.1) is 0 Å². The Morgan fingerprint density at radius 1 is 0.607 bits per heavy atom. The number of aromatic nitrogens is 2. The topological polar surface area (TPSA) is 25.8 Å². The van der Waals surface area contributed by atoms with Crippen LogP contribution in [0.3, 0.4) is 0 Å². The molecule has 2 aromatic heterocycles. The maximum Gasteiger partial charge on any atom is 0.0920 e. The van der Waals surface area contributed by atoms with E-state index in [4.69, 9.17) is 4.98 Å². The normalized spacial score (nSPS) is 11.1. The number of nitrogens with zero attached hydrogens (tertiary/aromatic N) is 2. The van der Waals surface area contributed by atoms with Crippen molar-refractivity contribution in [3.63, 3.8) is 0 Å². The highest BCUT2D eigenvalue weighted by Crippen LogP contribution is 2.26. The Morgan fingerprint density at radius 3 is 1.89 bits per heavy atom. The number of pyridine rings is 2. The quantitative estimate of drug-likeness (QED) is 0.293. The summed E-state index contributed by atoms with van der Waals surface area (Å²) in [7, 11) is 0. The van der Waals surface area contributed by atoms with Gasteiger partial charge in [0.15, 0.2) is 0 Å². The van der Waals surface area contributed by atoms with E-state index in [1.807, 2.05) is 18.5 Å². The van der Waals surface area contributed by atoms with Crippen LogP contribution < -0.4 is 0 Å². The summed E-state index contributed by atoms with van der Waals surface area (Å²) in [6, 6.07) is 8.41. The highest BCUT2D eigenvalue weighted by atomic mass is 14.8. The summed E-state index contributed by atoms with van der Waals surface area (Å²) in [5.41, 5.74) is 5.08. The number of hydrogen-bond acceptors (Lipinski definition) is 2. The SMILES string of the molecule is CCCCCCCCc1ccnc(-c2ccccn2)c1CCCCCCCC. The molecule has 0 amide bonds. The zero-order valence-electron chi connectivity index (χ0n) is 18.3. The summed E-state index contributed by atoms with van der Waals surface area (Å²) < 4.78 is 0. The molecule has 2 aromatic rings. The minimum absolute atomic E-state index is 1.02. The van der Waals surface area contributed by atoms with Gasteiger partial charge in [0, 0.05) is 12.4 Å². The Hall–Kier alpha value is -1.70. The third-order valence-electron chi connectivity index (χ3n) is 5.64. The molecule has 2 nitrogen and oxygen atoms in total. The standard InChI is InChI=1S/C26H40N2/c1-3-5-7-9-11-13-17-23-20-22-28-26(25-19-15-16-21-27-25)24(23)18-14-12-10-8-6-4-2/h15-16,19-22H,3-14,17-18H2,1-2H3. The molecule has 0 aliphatic heterocycles. The highest BCUT2D eigenvalue weighted by Gasteiger charge is 2.12. The smallest absolute Gasteiger partial charge is 0.0920 e. The molecule has 0 fully saturated rings. The van der Waals surface area contributed by atoms with Crippen LogP contribution in [0.2, 0.25) is 0 Å². The van der Waals surface area contributed by atoms with Crippen LogP contribution in [0.1, 0.15) is 102 Å². The molecular formula is C26H40N2. The van der Waals surface area contributed by atoms with Gasteiger partial charge in [0.2, 0.25) is 0 Å². The van der Waals surface area contributed by atoms with Gasteiger partial charge in [0.05, 0.1) is 11.4 Å². The van der Waals surface area contributed by atoms with Crippen LogP contribution in [0.4, 0.5) is 0 Å². The van der Waals surface area contributed by atoms with Crippen LogP contribution in [0.25, 0.3) is 11.4 Å². The lowest BCUT2D eigenvalue weighted by molar-refractivity contribution is 0.599. The molecule has 0 radical (unpaired) electrons. The third kappa shape index (κ3) is 8.12. The van der Waals surface area contributed by atoms with Crippen LogP contribution >= 0.6 is 0 Å². The van der Waals surface area contributed by atoms with Crippen molar-refractivity contribution in [2.75, 3.05) is 0 Å². The molecule has 0 N–H and O–H groups in total. The minimum Gasteiger partial charge on any atom is -0.255 e. The summed E-state index contributed by atoms with van der Waals surface area (Å²) in [5, 5.41) is 0. The largest absolute Gasteiger partial charge is 0.255 e. The molecule has 0 aliphatic rings. The van der Waals surface area contributed by atoms with E-state index >= 15 is 0 Å². The average Bonchev–Trinajstić information content (AvgIpc) is 2.74. The lowest BCUT2D eigenvalue weighted by atomic mass is 9.94. The molecule has 0 aromatic carbocycles. The van der Waals surface area contributed by atoms with Gasteiger partial charge in [0.1, 0.15) is 0 Å². The number of unbranched alkanes of at least 4 members (excludes halogenated alkanes) is 10. The number of aryl methyl sites for hydroxylation is 1. The van der Waals surface area contributed by atoms with Gasteiger partial charge in [-0.2, -0.15) is 0 Å². The summed E-state index contributed by atoms with van der Waals surface area (Å²) in [4.78, 5) is 9.33. The van der Waals surface area contributed by atoms with Gasteiger partial charge in [-0.1, -0.05) is 84.1 Å². The van der Waals surface area contributed by atoms with Crippen LogP contribution in [0.15, 0.2) is 36.7 Å². The maximum atomic E-state index is 4.74. The van der Waals surface area contributed by atoms with Crippen LogP contribution in [-0.2, 0) is 12.8 Å². The van der Waals surface area contributed by atoms with Gasteiger partial charge in [-0.25, -0.2) is 0 Å². The molecule has 0 aliphatic carbocycles. The van der Waals surface area contributed by atoms with Crippen molar-refractivity contribution in [1.82, 2.24) is 9.97 Å². The van der Waals surface area contributed by atoms with E-state index < -0.39 is 0 Å². The second kappa shape index (κ2) is 14.3. The predicted octanol–water partition coefficient (Wildman–Crippen LogP) is 7.95. The molecule has 2 heterocycles. The first-order chi connectivity index (χ1) is 13.9. The van der Waals surface area contributed by atoms with Crippen LogP contribution in [0.5, 0.6) is 0 Å². The first kappa shape index (κ1) is 22.6. The minimum atomic E-state index is 1.02. The number of hydrogen-bond donors (Lipinski definition) is 0. The number of rotatable bonds is 15. The third-order valence-corrected chi connectivity index (χ3v) is 5.64. The first-order valence-electron chi connectivity index (χ1n) is 11.7. The Kier molecular flexibility index (Phi) is 11.6. The molecule has 2 heteroatoms. The van der Waals surface area contributed by atoms with Gasteiger partial charge >= 0.3 is 0 Å². The van der Waals surface area contributed by atoms with Crippen molar-refractivity contribution in [2.45, 2.75) is 104 Å². The highest BCUT2D eigenvalue weighted by molar-refractivity contribution is 5.60. The maximum absolute atomic E-state index is 4.74. The molecule has 0 bridgehead atoms. The van der Waals surface area contributed by atoms with Crippen molar-refractivity contribution in [1.29, 1.82) is 0 Å². The summed E-state index contributed by atoms with van der Waals surface area (Å²) in [6.45, 7) is 4.56. The molecule has 0 atom stereocenters. The van der Waals surface area contributed by atoms with E-state index in [2.05, 4.69) is 37.0 Å². The Balaban J connectivity index is 2.01. The summed E-state index contributed by atoms with van der Waals surface area (Å²) in [6.07, 6.45) is 22.3. The van der Waals surface area contributed by atoms with Crippen molar-refractivity contribution in [3.05, 3.63) is 47.8 Å². The molecule has 0 saturated heterocycles. The Bertz CT molecular complexity index is 636. The fraction of sp³-hybridized carbons (Fsp3) is 0.615. The Labute approximate surface area is 173 Å². The van der Waals surface area contributed by atoms with Gasteiger partial charge in [-0.15, -0.1) is 0 Å². The van der Waals surface area contributed by atoms with E-state index in [0.717, 1.165) is 17.8 Å². The monoisotopic (exact) mass is 380 g/mol. The molecule has 0 saturated carbocycles. The van der Waals surface area contributed by atoms with Gasteiger partial charge in [-0.05, 0) is 55.0 Å². The lowest BCUT2D eigenvalue weighted by Crippen LogP contribution is -2.02. The molecule has 0 unspecified atom stereocenters. The molecule has 0 spiro atoms. The van der Waals surface area contributed by atoms with Crippen LogP contribution in [-0.4, -0.2) is 9.97 Å². The van der Waals surface area contributed by atoms with E-state index in [1.165, 1.54) is 94.6 Å². The summed E-state index contributed by atoms with van der Waals surface area (Å²) in [5.74, 6) is 0. The molecule has 154 valence electrons. The second-order valence-corrected chi connectivity index (χ2v) is 8.05. The van der Waals surface area contributed by atoms with Crippen molar-refractivity contribution in [3.8, 4) is 11.4 Å². The van der Waals surface area contributed by atoms with Gasteiger partial charge < -0.3 is 0 Å². The molecule has 28 heavy (non-hydrogen) atoms. The fourth-order valence-corrected chi connectivity index (χ4v) is 3.95. The zero-order valence-corrected chi connectivity index (χ0v) is 18.3. The van der Waals surface area contributed by atoms with E-state index in [1.54, 1.807) is 0 Å². The fourth-order valence-electron chi connectivity index (χ4n) is 3.95. The first-order valence-corrected chi connectivity index (χ1v) is 11.7. The summed E-state index contributed by atoms with van der Waals surface area (Å²) >= 11 is 0. The van der Waals surface area contributed by atoms with Gasteiger partial charge in [-0.3, -0.25) is 9.97 Å². The average molecular weight is 381 g/mol. The Morgan fingerprint density at radius 2 is 1.25 bits per heavy atom.